The van der Waals surface area contributed by atoms with Gasteiger partial charge in [-0.2, -0.15) is 0 Å². The Morgan fingerprint density at radius 1 is 1.23 bits per heavy atom. The van der Waals surface area contributed by atoms with Gasteiger partial charge in [0.2, 0.25) is 5.91 Å². The summed E-state index contributed by atoms with van der Waals surface area (Å²) in [5.74, 6) is 0.558. The summed E-state index contributed by atoms with van der Waals surface area (Å²) in [6.45, 7) is 7.19. The Labute approximate surface area is 79.9 Å². The first-order chi connectivity index (χ1) is 5.91. The van der Waals surface area contributed by atoms with Crippen molar-refractivity contribution in [3.63, 3.8) is 0 Å². The molecule has 0 fully saturated rings. The number of carbonyl (C=O) groups excluding carboxylic acids is 2. The highest BCUT2D eigenvalue weighted by Gasteiger charge is 2.13. The Bertz CT molecular complexity index is 171. The highest BCUT2D eigenvalue weighted by atomic mass is 16.1. The lowest BCUT2D eigenvalue weighted by Crippen LogP contribution is -2.35. The van der Waals surface area contributed by atoms with Gasteiger partial charge in [-0.25, -0.2) is 0 Å². The fourth-order valence-corrected chi connectivity index (χ4v) is 1.40. The highest BCUT2D eigenvalue weighted by Crippen LogP contribution is 2.08. The zero-order valence-electron chi connectivity index (χ0n) is 8.89. The van der Waals surface area contributed by atoms with E-state index >= 15 is 0 Å². The maximum Gasteiger partial charge on any atom is 0.217 e. The van der Waals surface area contributed by atoms with Crippen LogP contribution in [0.1, 0.15) is 40.5 Å². The first-order valence-corrected chi connectivity index (χ1v) is 4.68. The van der Waals surface area contributed by atoms with Crippen LogP contribution in [0.3, 0.4) is 0 Å². The Balaban J connectivity index is 4.02. The van der Waals surface area contributed by atoms with E-state index in [1.165, 1.54) is 6.92 Å². The molecular weight excluding hydrogens is 166 g/mol. The molecule has 3 nitrogen and oxygen atoms in total. The number of hydrogen-bond acceptors (Lipinski definition) is 2. The Hall–Kier alpha value is -0.860. The number of carbonyl (C=O) groups is 2. The van der Waals surface area contributed by atoms with Crippen LogP contribution >= 0.6 is 0 Å². The normalized spacial score (nSPS) is 12.7. The van der Waals surface area contributed by atoms with Gasteiger partial charge in [0.25, 0.3) is 0 Å². The van der Waals surface area contributed by atoms with Crippen LogP contribution in [0.2, 0.25) is 0 Å². The average Bonchev–Trinajstić information content (AvgIpc) is 1.80. The van der Waals surface area contributed by atoms with Crippen molar-refractivity contribution in [2.45, 2.75) is 46.6 Å². The van der Waals surface area contributed by atoms with Crippen molar-refractivity contribution in [2.24, 2.45) is 5.92 Å². The predicted octanol–water partition coefficient (Wildman–Crippen LogP) is 1.52. The fourth-order valence-electron chi connectivity index (χ4n) is 1.40. The minimum Gasteiger partial charge on any atom is -0.353 e. The molecule has 0 aromatic rings. The van der Waals surface area contributed by atoms with E-state index in [0.29, 0.717) is 12.3 Å². The van der Waals surface area contributed by atoms with E-state index in [9.17, 15) is 9.59 Å². The van der Waals surface area contributed by atoms with Crippen LogP contribution in [0.25, 0.3) is 0 Å². The SMILES string of the molecule is CC(=O)C[C@H](CC(C)C)NC(C)=O. The van der Waals surface area contributed by atoms with Crippen LogP contribution in [-0.4, -0.2) is 17.7 Å². The van der Waals surface area contributed by atoms with E-state index in [0.717, 1.165) is 6.42 Å². The third-order valence-corrected chi connectivity index (χ3v) is 1.70. The second kappa shape index (κ2) is 5.73. The van der Waals surface area contributed by atoms with Crippen LogP contribution in [0.5, 0.6) is 0 Å². The van der Waals surface area contributed by atoms with Gasteiger partial charge in [-0.15, -0.1) is 0 Å². The Morgan fingerprint density at radius 3 is 2.08 bits per heavy atom. The van der Waals surface area contributed by atoms with Crippen LogP contribution in [0.4, 0.5) is 0 Å². The van der Waals surface area contributed by atoms with Crippen molar-refractivity contribution in [3.05, 3.63) is 0 Å². The van der Waals surface area contributed by atoms with Gasteiger partial charge >= 0.3 is 0 Å². The monoisotopic (exact) mass is 185 g/mol. The molecule has 0 rings (SSSR count). The number of ketones is 1. The van der Waals surface area contributed by atoms with E-state index in [1.54, 1.807) is 6.92 Å². The summed E-state index contributed by atoms with van der Waals surface area (Å²) in [5.41, 5.74) is 0. The number of rotatable bonds is 5. The van der Waals surface area contributed by atoms with Crippen molar-refractivity contribution in [2.75, 3.05) is 0 Å². The van der Waals surface area contributed by atoms with Crippen LogP contribution in [0, 0.1) is 5.92 Å². The molecule has 1 atom stereocenters. The summed E-state index contributed by atoms with van der Waals surface area (Å²) in [6.07, 6.45) is 1.30. The molecule has 0 aliphatic rings. The van der Waals surface area contributed by atoms with Crippen molar-refractivity contribution >= 4 is 11.7 Å². The largest absolute Gasteiger partial charge is 0.353 e. The van der Waals surface area contributed by atoms with E-state index in [1.807, 2.05) is 0 Å². The summed E-state index contributed by atoms with van der Waals surface area (Å²) in [7, 11) is 0. The van der Waals surface area contributed by atoms with Crippen molar-refractivity contribution in [3.8, 4) is 0 Å². The standard InChI is InChI=1S/C10H19NO2/c1-7(2)5-10(6-8(3)12)11-9(4)13/h7,10H,5-6H2,1-4H3,(H,11,13)/t10-/m0/s1. The fraction of sp³-hybridized carbons (Fsp3) is 0.800. The molecule has 3 heteroatoms. The molecule has 0 aromatic heterocycles. The van der Waals surface area contributed by atoms with Gasteiger partial charge in [0.1, 0.15) is 5.78 Å². The summed E-state index contributed by atoms with van der Waals surface area (Å²) in [6, 6.07) is 0.00926. The first kappa shape index (κ1) is 12.1. The lowest BCUT2D eigenvalue weighted by molar-refractivity contribution is -0.120. The van der Waals surface area contributed by atoms with Gasteiger partial charge in [-0.3, -0.25) is 9.59 Å². The van der Waals surface area contributed by atoms with Gasteiger partial charge in [0, 0.05) is 19.4 Å². The molecule has 0 saturated carbocycles. The molecule has 0 unspecified atom stereocenters. The van der Waals surface area contributed by atoms with Gasteiger partial charge in [0.05, 0.1) is 0 Å². The minimum absolute atomic E-state index is 0.00926. The molecule has 13 heavy (non-hydrogen) atoms. The number of Topliss-reactive ketones (excluding diaryl/α,β-unsaturated/α-hetero) is 1. The number of nitrogens with one attached hydrogen (secondary N) is 1. The molecule has 1 amide bonds. The molecule has 0 bridgehead atoms. The van der Waals surface area contributed by atoms with Gasteiger partial charge in [0.15, 0.2) is 0 Å². The molecule has 0 aliphatic carbocycles. The molecule has 0 radical (unpaired) electrons. The zero-order valence-corrected chi connectivity index (χ0v) is 8.89. The average molecular weight is 185 g/mol. The van der Waals surface area contributed by atoms with Crippen molar-refractivity contribution < 1.29 is 9.59 Å². The molecule has 0 saturated heterocycles. The van der Waals surface area contributed by atoms with Crippen LogP contribution in [-0.2, 0) is 9.59 Å². The van der Waals surface area contributed by atoms with Gasteiger partial charge in [-0.1, -0.05) is 13.8 Å². The minimum atomic E-state index is -0.0631. The maximum absolute atomic E-state index is 10.9. The second-order valence-electron chi connectivity index (χ2n) is 3.93. The molecule has 0 spiro atoms. The smallest absolute Gasteiger partial charge is 0.217 e. The molecule has 0 aromatic carbocycles. The Kier molecular flexibility index (Phi) is 5.35. The molecular formula is C10H19NO2. The summed E-state index contributed by atoms with van der Waals surface area (Å²) < 4.78 is 0. The van der Waals surface area contributed by atoms with E-state index in [-0.39, 0.29) is 17.7 Å². The lowest BCUT2D eigenvalue weighted by Gasteiger charge is -2.18. The van der Waals surface area contributed by atoms with E-state index < -0.39 is 0 Å². The molecule has 1 N–H and O–H groups in total. The van der Waals surface area contributed by atoms with Crippen LogP contribution < -0.4 is 5.32 Å². The van der Waals surface area contributed by atoms with Crippen LogP contribution in [0.15, 0.2) is 0 Å². The van der Waals surface area contributed by atoms with Gasteiger partial charge < -0.3 is 5.32 Å². The zero-order chi connectivity index (χ0) is 10.4. The first-order valence-electron chi connectivity index (χ1n) is 4.68. The summed E-state index contributed by atoms with van der Waals surface area (Å²) in [4.78, 5) is 21.7. The summed E-state index contributed by atoms with van der Waals surface area (Å²) in [5, 5.41) is 2.78. The number of amides is 1. The predicted molar refractivity (Wildman–Crippen MR) is 52.4 cm³/mol. The van der Waals surface area contributed by atoms with Gasteiger partial charge in [-0.05, 0) is 19.3 Å². The molecule has 0 aliphatic heterocycles. The maximum atomic E-state index is 10.9. The second-order valence-corrected chi connectivity index (χ2v) is 3.93. The van der Waals surface area contributed by atoms with Crippen molar-refractivity contribution in [1.29, 1.82) is 0 Å². The quantitative estimate of drug-likeness (QED) is 0.705. The highest BCUT2D eigenvalue weighted by molar-refractivity contribution is 5.78. The molecule has 76 valence electrons. The lowest BCUT2D eigenvalue weighted by atomic mass is 9.99. The topological polar surface area (TPSA) is 46.2 Å². The third-order valence-electron chi connectivity index (χ3n) is 1.70. The summed E-state index contributed by atoms with van der Waals surface area (Å²) >= 11 is 0. The Morgan fingerprint density at radius 2 is 1.77 bits per heavy atom. The molecule has 0 heterocycles. The number of hydrogen-bond donors (Lipinski definition) is 1. The van der Waals surface area contributed by atoms with E-state index in [4.69, 9.17) is 0 Å². The third kappa shape index (κ3) is 7.50. The van der Waals surface area contributed by atoms with E-state index in [2.05, 4.69) is 19.2 Å². The van der Waals surface area contributed by atoms with Crippen molar-refractivity contribution in [1.82, 2.24) is 5.32 Å².